The second kappa shape index (κ2) is 8.73. The maximum absolute atomic E-state index is 12.9. The van der Waals surface area contributed by atoms with Gasteiger partial charge in [0.05, 0.1) is 6.61 Å². The second-order valence-corrected chi connectivity index (χ2v) is 6.38. The second-order valence-electron chi connectivity index (χ2n) is 6.38. The van der Waals surface area contributed by atoms with Crippen molar-refractivity contribution in [2.45, 2.75) is 19.9 Å². The van der Waals surface area contributed by atoms with E-state index in [0.717, 1.165) is 28.7 Å². The van der Waals surface area contributed by atoms with E-state index in [9.17, 15) is 4.79 Å². The molecule has 0 spiro atoms. The minimum atomic E-state index is -0.0560. The Bertz CT molecular complexity index is 916. The van der Waals surface area contributed by atoms with Crippen LogP contribution in [0.5, 0.6) is 5.75 Å². The third-order valence-corrected chi connectivity index (χ3v) is 4.48. The zero-order chi connectivity index (χ0) is 19.2. The smallest absolute Gasteiger partial charge is 0.254 e. The summed E-state index contributed by atoms with van der Waals surface area (Å²) >= 11 is 0. The van der Waals surface area contributed by atoms with Gasteiger partial charge in [0.1, 0.15) is 23.7 Å². The van der Waals surface area contributed by atoms with Crippen molar-refractivity contribution in [2.75, 3.05) is 27.4 Å². The Labute approximate surface area is 159 Å². The van der Waals surface area contributed by atoms with Crippen molar-refractivity contribution in [1.29, 1.82) is 0 Å². The van der Waals surface area contributed by atoms with Gasteiger partial charge in [-0.05, 0) is 24.3 Å². The fraction of sp³-hybridized carbons (Fsp3) is 0.318. The van der Waals surface area contributed by atoms with Gasteiger partial charge in [-0.2, -0.15) is 0 Å². The molecule has 0 aliphatic heterocycles. The number of hydrogen-bond donors (Lipinski definition) is 0. The number of fused-ring (bicyclic) bond motifs is 1. The first-order valence-electron chi connectivity index (χ1n) is 9.10. The van der Waals surface area contributed by atoms with Crippen LogP contribution in [-0.2, 0) is 17.7 Å². The van der Waals surface area contributed by atoms with Crippen molar-refractivity contribution in [2.24, 2.45) is 0 Å². The number of ether oxygens (including phenoxy) is 2. The number of benzene rings is 2. The van der Waals surface area contributed by atoms with Gasteiger partial charge in [0.2, 0.25) is 0 Å². The molecule has 1 amide bonds. The summed E-state index contributed by atoms with van der Waals surface area (Å²) in [6.07, 6.45) is 0.787. The molecule has 3 rings (SSSR count). The van der Waals surface area contributed by atoms with Crippen molar-refractivity contribution in [3.8, 4) is 5.75 Å². The van der Waals surface area contributed by atoms with Gasteiger partial charge in [0.25, 0.3) is 5.91 Å². The molecule has 2 aromatic carbocycles. The lowest BCUT2D eigenvalue weighted by atomic mass is 10.1. The average Bonchev–Trinajstić information content (AvgIpc) is 3.05. The quantitative estimate of drug-likeness (QED) is 0.557. The number of methoxy groups -OCH3 is 1. The number of amides is 1. The van der Waals surface area contributed by atoms with Crippen LogP contribution in [0.15, 0.2) is 52.9 Å². The molecule has 27 heavy (non-hydrogen) atoms. The summed E-state index contributed by atoms with van der Waals surface area (Å²) in [5.74, 6) is 1.53. The van der Waals surface area contributed by atoms with Gasteiger partial charge < -0.3 is 18.8 Å². The number of nitrogens with zero attached hydrogens (tertiary/aromatic N) is 1. The minimum Gasteiger partial charge on any atom is -0.491 e. The van der Waals surface area contributed by atoms with E-state index in [-0.39, 0.29) is 5.91 Å². The number of carbonyl (C=O) groups is 1. The molecule has 1 heterocycles. The summed E-state index contributed by atoms with van der Waals surface area (Å²) < 4.78 is 16.5. The molecule has 0 aliphatic rings. The summed E-state index contributed by atoms with van der Waals surface area (Å²) in [6.45, 7) is 3.51. The Kier molecular flexibility index (Phi) is 6.14. The third kappa shape index (κ3) is 4.31. The van der Waals surface area contributed by atoms with Crippen LogP contribution in [0, 0.1) is 0 Å². The molecule has 0 N–H and O–H groups in total. The van der Waals surface area contributed by atoms with Gasteiger partial charge in [0, 0.05) is 43.6 Å². The molecule has 0 fully saturated rings. The van der Waals surface area contributed by atoms with Crippen LogP contribution in [0.3, 0.4) is 0 Å². The molecule has 0 unspecified atom stereocenters. The Morgan fingerprint density at radius 2 is 1.93 bits per heavy atom. The fourth-order valence-electron chi connectivity index (χ4n) is 3.10. The molecular weight excluding hydrogens is 342 g/mol. The van der Waals surface area contributed by atoms with Gasteiger partial charge in [0.15, 0.2) is 0 Å². The fourth-order valence-corrected chi connectivity index (χ4v) is 3.10. The van der Waals surface area contributed by atoms with Crippen molar-refractivity contribution >= 4 is 16.9 Å². The average molecular weight is 367 g/mol. The summed E-state index contributed by atoms with van der Waals surface area (Å²) in [7, 11) is 3.43. The van der Waals surface area contributed by atoms with E-state index in [1.807, 2.05) is 43.4 Å². The number of para-hydroxylation sites is 1. The first-order valence-corrected chi connectivity index (χ1v) is 9.10. The van der Waals surface area contributed by atoms with Crippen LogP contribution in [0.25, 0.3) is 11.0 Å². The minimum absolute atomic E-state index is 0.0560. The molecule has 0 aliphatic carbocycles. The van der Waals surface area contributed by atoms with E-state index < -0.39 is 0 Å². The highest BCUT2D eigenvalue weighted by atomic mass is 16.5. The summed E-state index contributed by atoms with van der Waals surface area (Å²) in [6, 6.07) is 15.2. The van der Waals surface area contributed by atoms with Crippen molar-refractivity contribution in [1.82, 2.24) is 4.90 Å². The first-order chi connectivity index (χ1) is 13.1. The highest BCUT2D eigenvalue weighted by Crippen LogP contribution is 2.27. The van der Waals surface area contributed by atoms with Gasteiger partial charge in [-0.15, -0.1) is 0 Å². The van der Waals surface area contributed by atoms with Gasteiger partial charge in [-0.1, -0.05) is 31.2 Å². The molecular formula is C22H25NO4. The van der Waals surface area contributed by atoms with Crippen LogP contribution < -0.4 is 4.74 Å². The predicted octanol–water partition coefficient (Wildman–Crippen LogP) is 4.29. The van der Waals surface area contributed by atoms with Crippen LogP contribution in [0.2, 0.25) is 0 Å². The number of rotatable bonds is 8. The van der Waals surface area contributed by atoms with Gasteiger partial charge in [-0.3, -0.25) is 4.79 Å². The molecule has 0 saturated carbocycles. The normalized spacial score (nSPS) is 10.9. The molecule has 0 radical (unpaired) electrons. The molecule has 0 bridgehead atoms. The molecule has 0 atom stereocenters. The maximum atomic E-state index is 12.9. The van der Waals surface area contributed by atoms with Crippen LogP contribution in [-0.4, -0.2) is 38.2 Å². The van der Waals surface area contributed by atoms with E-state index in [4.69, 9.17) is 13.9 Å². The Balaban J connectivity index is 1.78. The number of hydrogen-bond acceptors (Lipinski definition) is 4. The summed E-state index contributed by atoms with van der Waals surface area (Å²) in [5.41, 5.74) is 2.52. The molecule has 5 heteroatoms. The van der Waals surface area contributed by atoms with Gasteiger partial charge in [-0.25, -0.2) is 0 Å². The molecule has 142 valence electrons. The topological polar surface area (TPSA) is 51.9 Å². The number of carbonyl (C=O) groups excluding carboxylic acids is 1. The lowest BCUT2D eigenvalue weighted by Crippen LogP contribution is -2.26. The first kappa shape index (κ1) is 19.0. The highest BCUT2D eigenvalue weighted by molar-refractivity contribution is 5.94. The van der Waals surface area contributed by atoms with Gasteiger partial charge >= 0.3 is 0 Å². The zero-order valence-corrected chi connectivity index (χ0v) is 16.0. The predicted molar refractivity (Wildman–Crippen MR) is 105 cm³/mol. The maximum Gasteiger partial charge on any atom is 0.254 e. The SMILES string of the molecule is CCc1oc2ccccc2c1CN(C)C(=O)c1cccc(OCCOC)c1. The van der Waals surface area contributed by atoms with Crippen LogP contribution in [0.1, 0.15) is 28.6 Å². The molecule has 1 aromatic heterocycles. The summed E-state index contributed by atoms with van der Waals surface area (Å²) in [4.78, 5) is 14.6. The zero-order valence-electron chi connectivity index (χ0n) is 16.0. The number of aryl methyl sites for hydroxylation is 1. The van der Waals surface area contributed by atoms with Crippen molar-refractivity contribution in [3.63, 3.8) is 0 Å². The Hall–Kier alpha value is -2.79. The number of furan rings is 1. The van der Waals surface area contributed by atoms with Crippen molar-refractivity contribution in [3.05, 3.63) is 65.4 Å². The van der Waals surface area contributed by atoms with Crippen molar-refractivity contribution < 1.29 is 18.7 Å². The van der Waals surface area contributed by atoms with Crippen LogP contribution >= 0.6 is 0 Å². The molecule has 3 aromatic rings. The molecule has 0 saturated heterocycles. The molecule has 5 nitrogen and oxygen atoms in total. The van der Waals surface area contributed by atoms with E-state index in [1.165, 1.54) is 0 Å². The van der Waals surface area contributed by atoms with E-state index in [2.05, 4.69) is 6.92 Å². The monoisotopic (exact) mass is 367 g/mol. The lowest BCUT2D eigenvalue weighted by molar-refractivity contribution is 0.0784. The van der Waals surface area contributed by atoms with Crippen LogP contribution in [0.4, 0.5) is 0 Å². The third-order valence-electron chi connectivity index (χ3n) is 4.48. The Morgan fingerprint density at radius 1 is 1.11 bits per heavy atom. The standard InChI is InChI=1S/C22H25NO4/c1-4-20-19(18-10-5-6-11-21(18)27-20)15-23(2)22(24)16-8-7-9-17(14-16)26-13-12-25-3/h5-11,14H,4,12-13,15H2,1-3H3. The van der Waals surface area contributed by atoms with E-state index in [1.54, 1.807) is 24.1 Å². The Morgan fingerprint density at radius 3 is 2.70 bits per heavy atom. The van der Waals surface area contributed by atoms with E-state index in [0.29, 0.717) is 31.1 Å². The largest absolute Gasteiger partial charge is 0.491 e. The lowest BCUT2D eigenvalue weighted by Gasteiger charge is -2.18. The highest BCUT2D eigenvalue weighted by Gasteiger charge is 2.18. The van der Waals surface area contributed by atoms with E-state index >= 15 is 0 Å². The summed E-state index contributed by atoms with van der Waals surface area (Å²) in [5, 5.41) is 1.06.